The number of halogens is 2. The van der Waals surface area contributed by atoms with Gasteiger partial charge in [-0.05, 0) is 67.4 Å². The van der Waals surface area contributed by atoms with Crippen molar-refractivity contribution >= 4 is 11.6 Å². The minimum Gasteiger partial charge on any atom is -0.319 e. The molecule has 0 spiro atoms. The van der Waals surface area contributed by atoms with E-state index >= 15 is 0 Å². The number of fused-ring (bicyclic) bond motifs is 1. The number of nitrogens with one attached hydrogen (secondary N) is 1. The molecule has 0 bridgehead atoms. The molecule has 0 fully saturated rings. The third kappa shape index (κ3) is 4.31. The molecule has 6 rings (SSSR count). The average Bonchev–Trinajstić information content (AvgIpc) is 3.63. The van der Waals surface area contributed by atoms with Gasteiger partial charge >= 0.3 is 0 Å². The van der Waals surface area contributed by atoms with Crippen molar-refractivity contribution in [2.24, 2.45) is 0 Å². The first kappa shape index (κ1) is 22.8. The normalized spacial score (nSPS) is 13.2. The maximum Gasteiger partial charge on any atom is 0.261 e. The van der Waals surface area contributed by atoms with E-state index in [0.29, 0.717) is 22.9 Å². The van der Waals surface area contributed by atoms with Crippen LogP contribution in [0, 0.1) is 11.6 Å². The lowest BCUT2D eigenvalue weighted by Crippen LogP contribution is -2.16. The summed E-state index contributed by atoms with van der Waals surface area (Å²) in [6, 6.07) is 14.0. The third-order valence-electron chi connectivity index (χ3n) is 6.49. The fourth-order valence-corrected chi connectivity index (χ4v) is 4.65. The highest BCUT2D eigenvalue weighted by atomic mass is 19.1. The Kier molecular flexibility index (Phi) is 5.84. The number of amides is 1. The van der Waals surface area contributed by atoms with Crippen molar-refractivity contribution in [3.63, 3.8) is 0 Å². The van der Waals surface area contributed by atoms with Crippen LogP contribution in [0.1, 0.15) is 35.4 Å². The second-order valence-corrected chi connectivity index (χ2v) is 8.91. The van der Waals surface area contributed by atoms with Gasteiger partial charge < -0.3 is 14.5 Å². The van der Waals surface area contributed by atoms with Gasteiger partial charge in [-0.25, -0.2) is 13.5 Å². The highest BCUT2D eigenvalue weighted by Crippen LogP contribution is 2.28. The van der Waals surface area contributed by atoms with E-state index in [2.05, 4.69) is 25.2 Å². The first-order valence-corrected chi connectivity index (χ1v) is 12.1. The van der Waals surface area contributed by atoms with E-state index in [9.17, 15) is 13.6 Å². The highest BCUT2D eigenvalue weighted by molar-refractivity contribution is 6.06. The summed E-state index contributed by atoms with van der Waals surface area (Å²) < 4.78 is 33.7. The monoisotopic (exact) mass is 499 g/mol. The Labute approximate surface area is 211 Å². The topological polar surface area (TPSA) is 82.6 Å². The van der Waals surface area contributed by atoms with Crippen LogP contribution in [0.5, 0.6) is 0 Å². The zero-order chi connectivity index (χ0) is 25.4. The first-order valence-electron chi connectivity index (χ1n) is 12.1. The van der Waals surface area contributed by atoms with Gasteiger partial charge in [0.15, 0.2) is 11.6 Å². The summed E-state index contributed by atoms with van der Waals surface area (Å²) in [4.78, 5) is 13.4. The van der Waals surface area contributed by atoms with Crippen LogP contribution < -0.4 is 5.32 Å². The van der Waals surface area contributed by atoms with E-state index in [-0.39, 0.29) is 17.1 Å². The fourth-order valence-electron chi connectivity index (χ4n) is 4.65. The van der Waals surface area contributed by atoms with Crippen LogP contribution in [0.25, 0.3) is 22.9 Å². The van der Waals surface area contributed by atoms with E-state index in [1.807, 2.05) is 12.1 Å². The number of nitrogens with zero attached hydrogens (tertiary/aromatic N) is 6. The predicted molar refractivity (Wildman–Crippen MR) is 134 cm³/mol. The Hall–Kier alpha value is -4.60. The summed E-state index contributed by atoms with van der Waals surface area (Å²) in [6.07, 6.45) is 9.04. The van der Waals surface area contributed by atoms with Gasteiger partial charge in [-0.1, -0.05) is 6.42 Å². The standard InChI is InChI=1S/C27H23F2N7O/c28-19-8-10-20(11-9-19)36-27(34-13-4-5-14-34)21(17-30-36)26(37)31-23-16-18(7-12-22(23)29)25-33-32-24-6-2-1-3-15-35(24)25/h4-5,7-14,16-17H,1-3,6,15H2,(H,31,37). The Morgan fingerprint density at radius 2 is 1.76 bits per heavy atom. The van der Waals surface area contributed by atoms with Crippen molar-refractivity contribution in [2.45, 2.75) is 32.2 Å². The number of aryl methyl sites for hydroxylation is 1. The molecule has 186 valence electrons. The van der Waals surface area contributed by atoms with Crippen LogP contribution in [0.15, 0.2) is 73.2 Å². The quantitative estimate of drug-likeness (QED) is 0.361. The van der Waals surface area contributed by atoms with Crippen LogP contribution in [0.4, 0.5) is 14.5 Å². The second kappa shape index (κ2) is 9.45. The minimum absolute atomic E-state index is 0.0291. The average molecular weight is 500 g/mol. The third-order valence-corrected chi connectivity index (χ3v) is 6.49. The van der Waals surface area contributed by atoms with Crippen molar-refractivity contribution < 1.29 is 13.6 Å². The molecular weight excluding hydrogens is 476 g/mol. The lowest BCUT2D eigenvalue weighted by molar-refractivity contribution is 0.102. The zero-order valence-electron chi connectivity index (χ0n) is 19.8. The Bertz CT molecular complexity index is 1570. The molecular formula is C27H23F2N7O. The van der Waals surface area contributed by atoms with Crippen LogP contribution in [-0.4, -0.2) is 35.0 Å². The molecule has 0 saturated heterocycles. The van der Waals surface area contributed by atoms with Gasteiger partial charge in [0.25, 0.3) is 5.91 Å². The fraction of sp³-hybridized carbons (Fsp3) is 0.185. The maximum absolute atomic E-state index is 14.9. The van der Waals surface area contributed by atoms with Gasteiger partial charge in [-0.2, -0.15) is 5.10 Å². The summed E-state index contributed by atoms with van der Waals surface area (Å²) in [5.74, 6) is 0.538. The van der Waals surface area contributed by atoms with E-state index in [0.717, 1.165) is 38.1 Å². The Morgan fingerprint density at radius 3 is 2.57 bits per heavy atom. The molecule has 37 heavy (non-hydrogen) atoms. The van der Waals surface area contributed by atoms with E-state index in [1.165, 1.54) is 29.1 Å². The number of rotatable bonds is 5. The molecule has 5 aromatic rings. The summed E-state index contributed by atoms with van der Waals surface area (Å²) >= 11 is 0. The second-order valence-electron chi connectivity index (χ2n) is 8.91. The van der Waals surface area contributed by atoms with Crippen molar-refractivity contribution in [3.05, 3.63) is 96.2 Å². The van der Waals surface area contributed by atoms with Gasteiger partial charge in [-0.3, -0.25) is 4.79 Å². The van der Waals surface area contributed by atoms with Crippen LogP contribution in [-0.2, 0) is 13.0 Å². The van der Waals surface area contributed by atoms with Gasteiger partial charge in [0.1, 0.15) is 23.0 Å². The molecule has 0 saturated carbocycles. The molecule has 1 N–H and O–H groups in total. The molecule has 0 radical (unpaired) electrons. The molecule has 2 aromatic carbocycles. The summed E-state index contributed by atoms with van der Waals surface area (Å²) in [5, 5.41) is 15.7. The molecule has 1 amide bonds. The molecule has 10 heteroatoms. The molecule has 1 aliphatic heterocycles. The largest absolute Gasteiger partial charge is 0.319 e. The summed E-state index contributed by atoms with van der Waals surface area (Å²) in [7, 11) is 0. The van der Waals surface area contributed by atoms with Crippen LogP contribution in [0.3, 0.4) is 0 Å². The Balaban J connectivity index is 1.35. The molecule has 1 aliphatic rings. The van der Waals surface area contributed by atoms with Crippen LogP contribution >= 0.6 is 0 Å². The minimum atomic E-state index is -0.568. The number of hydrogen-bond donors (Lipinski definition) is 1. The van der Waals surface area contributed by atoms with E-state index in [1.54, 1.807) is 41.2 Å². The van der Waals surface area contributed by atoms with Gasteiger partial charge in [0, 0.05) is 30.9 Å². The summed E-state index contributed by atoms with van der Waals surface area (Å²) in [5.41, 5.74) is 1.50. The molecule has 3 aromatic heterocycles. The number of benzene rings is 2. The number of carbonyl (C=O) groups is 1. The lowest BCUT2D eigenvalue weighted by Gasteiger charge is -2.12. The number of aromatic nitrogens is 6. The van der Waals surface area contributed by atoms with Crippen molar-refractivity contribution in [3.8, 4) is 22.9 Å². The first-order chi connectivity index (χ1) is 18.1. The molecule has 8 nitrogen and oxygen atoms in total. The number of anilines is 1. The molecule has 0 aliphatic carbocycles. The lowest BCUT2D eigenvalue weighted by atomic mass is 10.1. The van der Waals surface area contributed by atoms with Gasteiger partial charge in [-0.15, -0.1) is 10.2 Å². The zero-order valence-corrected chi connectivity index (χ0v) is 19.8. The number of hydrogen-bond acceptors (Lipinski definition) is 4. The number of carbonyl (C=O) groups excluding carboxylic acids is 1. The van der Waals surface area contributed by atoms with Crippen molar-refractivity contribution in [1.29, 1.82) is 0 Å². The molecule has 0 unspecified atom stereocenters. The SMILES string of the molecule is O=C(Nc1cc(-c2nnc3n2CCCCC3)ccc1F)c1cnn(-c2ccc(F)cc2)c1-n1cccc1. The van der Waals surface area contributed by atoms with Crippen molar-refractivity contribution in [2.75, 3.05) is 5.32 Å². The van der Waals surface area contributed by atoms with Gasteiger partial charge in [0.05, 0.1) is 17.6 Å². The van der Waals surface area contributed by atoms with Gasteiger partial charge in [0.2, 0.25) is 0 Å². The van der Waals surface area contributed by atoms with Crippen molar-refractivity contribution in [1.82, 2.24) is 29.1 Å². The van der Waals surface area contributed by atoms with Crippen LogP contribution in [0.2, 0.25) is 0 Å². The molecule has 4 heterocycles. The maximum atomic E-state index is 14.9. The van der Waals surface area contributed by atoms with E-state index < -0.39 is 11.7 Å². The highest BCUT2D eigenvalue weighted by Gasteiger charge is 2.22. The predicted octanol–water partition coefficient (Wildman–Crippen LogP) is 5.18. The Morgan fingerprint density at radius 1 is 0.946 bits per heavy atom. The summed E-state index contributed by atoms with van der Waals surface area (Å²) in [6.45, 7) is 0.805. The van der Waals surface area contributed by atoms with E-state index in [4.69, 9.17) is 0 Å². The molecule has 0 atom stereocenters. The smallest absolute Gasteiger partial charge is 0.261 e.